The van der Waals surface area contributed by atoms with Crippen LogP contribution in [0.1, 0.15) is 18.9 Å². The van der Waals surface area contributed by atoms with Crippen molar-refractivity contribution in [3.63, 3.8) is 0 Å². The fraction of sp³-hybridized carbons (Fsp3) is 0.148. The minimum absolute atomic E-state index is 0.252. The molecule has 3 aromatic carbocycles. The van der Waals surface area contributed by atoms with Crippen molar-refractivity contribution < 1.29 is 18.7 Å². The summed E-state index contributed by atoms with van der Waals surface area (Å²) in [5, 5.41) is 8.82. The highest BCUT2D eigenvalue weighted by molar-refractivity contribution is 5.89. The van der Waals surface area contributed by atoms with Gasteiger partial charge in [0.2, 0.25) is 0 Å². The van der Waals surface area contributed by atoms with E-state index in [4.69, 9.17) is 14.6 Å². The van der Waals surface area contributed by atoms with E-state index < -0.39 is 5.91 Å². The number of rotatable bonds is 10. The smallest absolute Gasteiger partial charge is 0.277 e. The number of ether oxygens (including phenoxy) is 2. The lowest BCUT2D eigenvalue weighted by Gasteiger charge is -2.05. The number of carbonyl (C=O) groups is 1. The van der Waals surface area contributed by atoms with E-state index in [0.29, 0.717) is 18.1 Å². The van der Waals surface area contributed by atoms with E-state index >= 15 is 0 Å². The molecule has 178 valence electrons. The summed E-state index contributed by atoms with van der Waals surface area (Å²) < 4.78 is 25.8. The molecule has 0 aliphatic carbocycles. The molecule has 7 nitrogen and oxygen atoms in total. The van der Waals surface area contributed by atoms with Gasteiger partial charge in [0.1, 0.15) is 23.0 Å². The average Bonchev–Trinajstić information content (AvgIpc) is 3.32. The summed E-state index contributed by atoms with van der Waals surface area (Å²) in [5.74, 6) is 0.367. The first kappa shape index (κ1) is 23.7. The Morgan fingerprint density at radius 3 is 2.40 bits per heavy atom. The number of hydrogen-bond acceptors (Lipinski definition) is 5. The van der Waals surface area contributed by atoms with Gasteiger partial charge >= 0.3 is 0 Å². The maximum absolute atomic E-state index is 13.0. The van der Waals surface area contributed by atoms with Crippen LogP contribution in [0.5, 0.6) is 11.5 Å². The van der Waals surface area contributed by atoms with Crippen LogP contribution in [0, 0.1) is 5.82 Å². The van der Waals surface area contributed by atoms with E-state index in [1.807, 2.05) is 60.8 Å². The highest BCUT2D eigenvalue weighted by Crippen LogP contribution is 2.25. The van der Waals surface area contributed by atoms with Gasteiger partial charge < -0.3 is 9.47 Å². The second kappa shape index (κ2) is 11.6. The van der Waals surface area contributed by atoms with Crippen LogP contribution < -0.4 is 14.9 Å². The summed E-state index contributed by atoms with van der Waals surface area (Å²) in [7, 11) is 0. The number of benzene rings is 3. The Labute approximate surface area is 202 Å². The molecule has 0 saturated carbocycles. The third kappa shape index (κ3) is 6.54. The fourth-order valence-corrected chi connectivity index (χ4v) is 3.23. The van der Waals surface area contributed by atoms with Crippen molar-refractivity contribution in [1.29, 1.82) is 0 Å². The Kier molecular flexibility index (Phi) is 7.85. The molecule has 0 radical (unpaired) electrons. The minimum atomic E-state index is -0.444. The van der Waals surface area contributed by atoms with Gasteiger partial charge in [-0.2, -0.15) is 10.2 Å². The van der Waals surface area contributed by atoms with Gasteiger partial charge in [0.15, 0.2) is 6.61 Å². The highest BCUT2D eigenvalue weighted by Gasteiger charge is 2.12. The number of para-hydroxylation sites is 1. The predicted octanol–water partition coefficient (Wildman–Crippen LogP) is 5.00. The summed E-state index contributed by atoms with van der Waals surface area (Å²) in [6.45, 7) is 2.46. The number of nitrogens with one attached hydrogen (secondary N) is 1. The second-order valence-electron chi connectivity index (χ2n) is 7.62. The first-order valence-electron chi connectivity index (χ1n) is 11.2. The van der Waals surface area contributed by atoms with Gasteiger partial charge in [-0.25, -0.2) is 14.5 Å². The fourth-order valence-electron chi connectivity index (χ4n) is 3.23. The van der Waals surface area contributed by atoms with Gasteiger partial charge in [-0.15, -0.1) is 0 Å². The van der Waals surface area contributed by atoms with Crippen LogP contribution in [-0.2, 0) is 4.79 Å². The molecule has 0 saturated heterocycles. The van der Waals surface area contributed by atoms with Crippen molar-refractivity contribution in [2.75, 3.05) is 13.2 Å². The molecule has 1 amide bonds. The molecule has 0 spiro atoms. The molecule has 35 heavy (non-hydrogen) atoms. The van der Waals surface area contributed by atoms with E-state index in [9.17, 15) is 9.18 Å². The molecule has 0 fully saturated rings. The summed E-state index contributed by atoms with van der Waals surface area (Å²) in [4.78, 5) is 12.1. The maximum atomic E-state index is 13.0. The molecule has 1 heterocycles. The van der Waals surface area contributed by atoms with E-state index in [0.717, 1.165) is 29.0 Å². The standard InChI is InChI=1S/C27H25FN4O3/c1-2-16-34-24-12-8-20(9-13-24)27-21(18-32(31-27)23-6-4-3-5-7-23)17-29-30-26(33)19-35-25-14-10-22(28)11-15-25/h3-15,17-18H,2,16,19H2,1H3,(H,30,33)/b29-17+. The first-order chi connectivity index (χ1) is 17.1. The zero-order valence-corrected chi connectivity index (χ0v) is 19.2. The van der Waals surface area contributed by atoms with Crippen LogP contribution in [0.25, 0.3) is 16.9 Å². The van der Waals surface area contributed by atoms with Crippen molar-refractivity contribution in [2.45, 2.75) is 13.3 Å². The first-order valence-corrected chi connectivity index (χ1v) is 11.2. The number of halogens is 1. The topological polar surface area (TPSA) is 77.7 Å². The average molecular weight is 473 g/mol. The molecule has 0 aliphatic heterocycles. The summed E-state index contributed by atoms with van der Waals surface area (Å²) >= 11 is 0. The van der Waals surface area contributed by atoms with Crippen LogP contribution in [0.3, 0.4) is 0 Å². The Morgan fingerprint density at radius 2 is 1.69 bits per heavy atom. The molecule has 0 unspecified atom stereocenters. The SMILES string of the molecule is CCCOc1ccc(-c2nn(-c3ccccc3)cc2/C=N/NC(=O)COc2ccc(F)cc2)cc1. The minimum Gasteiger partial charge on any atom is -0.494 e. The van der Waals surface area contributed by atoms with Crippen molar-refractivity contribution in [3.05, 3.63) is 96.4 Å². The monoisotopic (exact) mass is 472 g/mol. The van der Waals surface area contributed by atoms with Crippen molar-refractivity contribution in [3.8, 4) is 28.4 Å². The predicted molar refractivity (Wildman–Crippen MR) is 132 cm³/mol. The lowest BCUT2D eigenvalue weighted by molar-refractivity contribution is -0.123. The van der Waals surface area contributed by atoms with E-state index in [-0.39, 0.29) is 12.4 Å². The zero-order valence-electron chi connectivity index (χ0n) is 19.2. The molecule has 8 heteroatoms. The quantitative estimate of drug-likeness (QED) is 0.260. The third-order valence-corrected chi connectivity index (χ3v) is 4.94. The number of hydrazone groups is 1. The number of nitrogens with zero attached hydrogens (tertiary/aromatic N) is 3. The lowest BCUT2D eigenvalue weighted by Crippen LogP contribution is -2.24. The van der Waals surface area contributed by atoms with Crippen molar-refractivity contribution in [1.82, 2.24) is 15.2 Å². The molecular formula is C27H25FN4O3. The van der Waals surface area contributed by atoms with Gasteiger partial charge in [-0.1, -0.05) is 25.1 Å². The van der Waals surface area contributed by atoms with E-state index in [1.165, 1.54) is 24.3 Å². The van der Waals surface area contributed by atoms with Crippen LogP contribution in [-0.4, -0.2) is 35.1 Å². The van der Waals surface area contributed by atoms with Gasteiger partial charge in [-0.05, 0) is 67.1 Å². The largest absolute Gasteiger partial charge is 0.494 e. The van der Waals surface area contributed by atoms with Gasteiger partial charge in [0, 0.05) is 17.3 Å². The third-order valence-electron chi connectivity index (χ3n) is 4.94. The van der Waals surface area contributed by atoms with E-state index in [2.05, 4.69) is 17.5 Å². The number of amides is 1. The normalized spacial score (nSPS) is 10.9. The molecule has 1 N–H and O–H groups in total. The molecule has 0 bridgehead atoms. The zero-order chi connectivity index (χ0) is 24.5. The number of carbonyl (C=O) groups excluding carboxylic acids is 1. The Balaban J connectivity index is 1.49. The molecule has 0 aliphatic rings. The van der Waals surface area contributed by atoms with Crippen molar-refractivity contribution in [2.24, 2.45) is 5.10 Å². The second-order valence-corrected chi connectivity index (χ2v) is 7.62. The number of hydrogen-bond donors (Lipinski definition) is 1. The van der Waals surface area contributed by atoms with Gasteiger partial charge in [-0.3, -0.25) is 4.79 Å². The van der Waals surface area contributed by atoms with Gasteiger partial charge in [0.25, 0.3) is 5.91 Å². The maximum Gasteiger partial charge on any atom is 0.277 e. The Hall–Kier alpha value is -4.46. The van der Waals surface area contributed by atoms with E-state index in [1.54, 1.807) is 10.9 Å². The van der Waals surface area contributed by atoms with Gasteiger partial charge in [0.05, 0.1) is 18.5 Å². The van der Waals surface area contributed by atoms with Crippen LogP contribution in [0.4, 0.5) is 4.39 Å². The van der Waals surface area contributed by atoms with Crippen LogP contribution >= 0.6 is 0 Å². The number of aromatic nitrogens is 2. The summed E-state index contributed by atoms with van der Waals surface area (Å²) in [5.41, 5.74) is 5.65. The highest BCUT2D eigenvalue weighted by atomic mass is 19.1. The summed E-state index contributed by atoms with van der Waals surface area (Å²) in [6.07, 6.45) is 4.32. The Bertz CT molecular complexity index is 1270. The molecule has 4 aromatic rings. The Morgan fingerprint density at radius 1 is 1.00 bits per heavy atom. The lowest BCUT2D eigenvalue weighted by atomic mass is 10.1. The van der Waals surface area contributed by atoms with Crippen molar-refractivity contribution >= 4 is 12.1 Å². The van der Waals surface area contributed by atoms with Crippen LogP contribution in [0.2, 0.25) is 0 Å². The molecule has 1 aromatic heterocycles. The molecular weight excluding hydrogens is 447 g/mol. The summed E-state index contributed by atoms with van der Waals surface area (Å²) in [6, 6.07) is 22.8. The molecule has 4 rings (SSSR count). The molecule has 0 atom stereocenters. The van der Waals surface area contributed by atoms with Crippen LogP contribution in [0.15, 0.2) is 90.2 Å².